The Kier molecular flexibility index (Phi) is 7.97. The van der Waals surface area contributed by atoms with Gasteiger partial charge >= 0.3 is 0 Å². The first-order chi connectivity index (χ1) is 4.54. The highest BCUT2D eigenvalue weighted by Crippen LogP contribution is 1.84. The molecule has 0 heterocycles. The topological polar surface area (TPSA) is 57.9 Å². The molecule has 0 N–H and O–H groups in total. The Morgan fingerprint density at radius 3 is 1.50 bits per heavy atom. The quantitative estimate of drug-likeness (QED) is 0.609. The van der Waals surface area contributed by atoms with Gasteiger partial charge in [-0.3, -0.25) is 0 Å². The molecule has 4 heteroatoms. The van der Waals surface area contributed by atoms with Gasteiger partial charge in [0.25, 0.3) is 0 Å². The second kappa shape index (κ2) is 6.56. The van der Waals surface area contributed by atoms with E-state index in [1.807, 2.05) is 0 Å². The lowest BCUT2D eigenvalue weighted by atomic mass is 11.0. The molecule has 0 spiro atoms. The van der Waals surface area contributed by atoms with E-state index in [0.717, 1.165) is 0 Å². The van der Waals surface area contributed by atoms with Gasteiger partial charge in [-0.1, -0.05) is 13.8 Å². The Morgan fingerprint density at radius 1 is 1.30 bits per heavy atom. The molecule has 10 heavy (non-hydrogen) atoms. The smallest absolute Gasteiger partial charge is 0.149 e. The molecule has 0 amide bonds. The minimum atomic E-state index is -2.66. The first-order valence-corrected chi connectivity index (χ1v) is 4.87. The van der Waals surface area contributed by atoms with Gasteiger partial charge in [0.05, 0.1) is 6.07 Å². The lowest BCUT2D eigenvalue weighted by molar-refractivity contribution is 0.598. The fourth-order valence-corrected chi connectivity index (χ4v) is 0.612. The molecular formula is C6H13NO2S. The van der Waals surface area contributed by atoms with Crippen molar-refractivity contribution in [3.05, 3.63) is 0 Å². The average Bonchev–Trinajstić information content (AvgIpc) is 1.90. The summed E-state index contributed by atoms with van der Waals surface area (Å²) in [6, 6.07) is 1.75. The second-order valence-corrected chi connectivity index (χ2v) is 4.19. The molecule has 0 bridgehead atoms. The minimum absolute atomic E-state index is 0.267. The van der Waals surface area contributed by atoms with Crippen LogP contribution in [0.25, 0.3) is 0 Å². The average molecular weight is 163 g/mol. The maximum absolute atomic E-state index is 10.4. The fourth-order valence-electron chi connectivity index (χ4n) is 0.204. The molecule has 0 atom stereocenters. The van der Waals surface area contributed by atoms with Crippen molar-refractivity contribution in [1.82, 2.24) is 0 Å². The normalized spacial score (nSPS) is 9.00. The Morgan fingerprint density at radius 2 is 1.50 bits per heavy atom. The maximum Gasteiger partial charge on any atom is 0.149 e. The summed E-state index contributed by atoms with van der Waals surface area (Å²) < 4.78 is 20.7. The van der Waals surface area contributed by atoms with Crippen molar-refractivity contribution in [3.63, 3.8) is 0 Å². The van der Waals surface area contributed by atoms with Crippen molar-refractivity contribution in [2.24, 2.45) is 0 Å². The van der Waals surface area contributed by atoms with E-state index in [-0.39, 0.29) is 11.5 Å². The molecule has 0 rings (SSSR count). The molecule has 0 saturated carbocycles. The van der Waals surface area contributed by atoms with Gasteiger partial charge in [-0.25, -0.2) is 8.42 Å². The van der Waals surface area contributed by atoms with E-state index >= 15 is 0 Å². The predicted molar refractivity (Wildman–Crippen MR) is 41.3 cm³/mol. The maximum atomic E-state index is 10.4. The molecule has 3 nitrogen and oxygen atoms in total. The summed E-state index contributed by atoms with van der Waals surface area (Å²) in [6.45, 7) is 4.73. The van der Waals surface area contributed by atoms with E-state index in [0.29, 0.717) is 0 Å². The summed E-state index contributed by atoms with van der Waals surface area (Å²) in [5, 5.41) is 7.32. The third-order valence-corrected chi connectivity index (χ3v) is 2.64. The highest BCUT2D eigenvalue weighted by Gasteiger charge is 1.99. The molecule has 0 aliphatic carbocycles. The summed E-state index contributed by atoms with van der Waals surface area (Å²) in [4.78, 5) is 0. The Hall–Kier alpha value is -0.560. The van der Waals surface area contributed by atoms with E-state index < -0.39 is 9.84 Å². The SMILES string of the molecule is CC#N.CCS(=O)(=O)CC. The van der Waals surface area contributed by atoms with Gasteiger partial charge in [-0.05, 0) is 0 Å². The zero-order valence-corrected chi connectivity index (χ0v) is 7.40. The zero-order chi connectivity index (χ0) is 8.62. The molecule has 0 aliphatic rings. The molecule has 0 aliphatic heterocycles. The summed E-state index contributed by atoms with van der Waals surface area (Å²) >= 11 is 0. The summed E-state index contributed by atoms with van der Waals surface area (Å²) in [6.07, 6.45) is 0. The predicted octanol–water partition coefficient (Wildman–Crippen LogP) is 0.971. The number of hydrogen-bond acceptors (Lipinski definition) is 3. The Balaban J connectivity index is 0. The van der Waals surface area contributed by atoms with Crippen LogP contribution in [0.15, 0.2) is 0 Å². The van der Waals surface area contributed by atoms with Crippen LogP contribution in [-0.4, -0.2) is 19.9 Å². The van der Waals surface area contributed by atoms with Gasteiger partial charge in [-0.15, -0.1) is 0 Å². The largest absolute Gasteiger partial charge is 0.229 e. The highest BCUT2D eigenvalue weighted by atomic mass is 32.2. The number of hydrogen-bond donors (Lipinski definition) is 0. The van der Waals surface area contributed by atoms with E-state index in [1.165, 1.54) is 6.92 Å². The third kappa shape index (κ3) is 10.4. The lowest BCUT2D eigenvalue weighted by Gasteiger charge is -1.89. The number of nitriles is 1. The van der Waals surface area contributed by atoms with Crippen LogP contribution in [0.1, 0.15) is 20.8 Å². The van der Waals surface area contributed by atoms with Crippen LogP contribution < -0.4 is 0 Å². The van der Waals surface area contributed by atoms with Crippen LogP contribution in [-0.2, 0) is 9.84 Å². The number of rotatable bonds is 2. The molecular weight excluding hydrogens is 150 g/mol. The Bertz CT molecular complexity index is 178. The van der Waals surface area contributed by atoms with Crippen LogP contribution in [0.2, 0.25) is 0 Å². The summed E-state index contributed by atoms with van der Waals surface area (Å²) in [5.41, 5.74) is 0. The monoisotopic (exact) mass is 163 g/mol. The van der Waals surface area contributed by atoms with Crippen molar-refractivity contribution < 1.29 is 8.42 Å². The Labute approximate surface area is 62.6 Å². The van der Waals surface area contributed by atoms with E-state index in [2.05, 4.69) is 0 Å². The van der Waals surface area contributed by atoms with Gasteiger partial charge in [0.2, 0.25) is 0 Å². The first kappa shape index (κ1) is 12.1. The second-order valence-electron chi connectivity index (χ2n) is 1.54. The first-order valence-electron chi connectivity index (χ1n) is 3.05. The standard InChI is InChI=1S/C4H10O2S.C2H3N/c1-3-7(5,6)4-2;1-2-3/h3-4H2,1-2H3;1H3. The molecule has 0 radical (unpaired) electrons. The van der Waals surface area contributed by atoms with Crippen molar-refractivity contribution in [3.8, 4) is 6.07 Å². The lowest BCUT2D eigenvalue weighted by Crippen LogP contribution is -2.04. The summed E-state index contributed by atoms with van der Waals surface area (Å²) in [7, 11) is -2.66. The van der Waals surface area contributed by atoms with Crippen LogP contribution in [0.5, 0.6) is 0 Å². The van der Waals surface area contributed by atoms with Crippen molar-refractivity contribution in [2.75, 3.05) is 11.5 Å². The molecule has 0 aromatic carbocycles. The summed E-state index contributed by atoms with van der Waals surface area (Å²) in [5.74, 6) is 0.535. The van der Waals surface area contributed by atoms with E-state index in [1.54, 1.807) is 19.9 Å². The van der Waals surface area contributed by atoms with Crippen LogP contribution >= 0.6 is 0 Å². The molecule has 0 unspecified atom stereocenters. The number of nitrogens with zero attached hydrogens (tertiary/aromatic N) is 1. The molecule has 0 aromatic heterocycles. The molecule has 0 saturated heterocycles. The minimum Gasteiger partial charge on any atom is -0.229 e. The number of sulfone groups is 1. The van der Waals surface area contributed by atoms with Crippen LogP contribution in [0, 0.1) is 11.3 Å². The van der Waals surface area contributed by atoms with Crippen molar-refractivity contribution >= 4 is 9.84 Å². The van der Waals surface area contributed by atoms with E-state index in [9.17, 15) is 8.42 Å². The molecule has 0 fully saturated rings. The van der Waals surface area contributed by atoms with Crippen molar-refractivity contribution in [1.29, 1.82) is 5.26 Å². The van der Waals surface area contributed by atoms with Gasteiger partial charge in [0.15, 0.2) is 0 Å². The van der Waals surface area contributed by atoms with Crippen LogP contribution in [0.4, 0.5) is 0 Å². The van der Waals surface area contributed by atoms with Gasteiger partial charge in [-0.2, -0.15) is 5.26 Å². The van der Waals surface area contributed by atoms with Crippen LogP contribution in [0.3, 0.4) is 0 Å². The third-order valence-electron chi connectivity index (χ3n) is 0.880. The zero-order valence-electron chi connectivity index (χ0n) is 6.59. The van der Waals surface area contributed by atoms with E-state index in [4.69, 9.17) is 5.26 Å². The van der Waals surface area contributed by atoms with Crippen molar-refractivity contribution in [2.45, 2.75) is 20.8 Å². The molecule has 0 aromatic rings. The highest BCUT2D eigenvalue weighted by molar-refractivity contribution is 7.91. The van der Waals surface area contributed by atoms with Gasteiger partial charge < -0.3 is 0 Å². The molecule has 60 valence electrons. The van der Waals surface area contributed by atoms with Gasteiger partial charge in [0, 0.05) is 18.4 Å². The fraction of sp³-hybridized carbons (Fsp3) is 0.833. The van der Waals surface area contributed by atoms with Gasteiger partial charge in [0.1, 0.15) is 9.84 Å².